The number of unbranched alkanes of at least 4 members (excludes halogenated alkanes) is 1. The Kier molecular flexibility index (Phi) is 9.11. The van der Waals surface area contributed by atoms with E-state index in [0.717, 1.165) is 34.0 Å². The van der Waals surface area contributed by atoms with Gasteiger partial charge in [0, 0.05) is 58.8 Å². The van der Waals surface area contributed by atoms with E-state index in [1.54, 1.807) is 17.4 Å². The number of fused-ring (bicyclic) bond motifs is 6. The first-order valence-corrected chi connectivity index (χ1v) is 20.6. The van der Waals surface area contributed by atoms with E-state index in [9.17, 15) is 15.2 Å². The largest absolute Gasteiger partial charge is 0.477 e. The summed E-state index contributed by atoms with van der Waals surface area (Å²) in [5.74, 6) is -1.21. The molecule has 8 aromatic rings. The maximum Gasteiger partial charge on any atom is 0.346 e. The van der Waals surface area contributed by atoms with Gasteiger partial charge < -0.3 is 14.2 Å². The topological polar surface area (TPSA) is 70.9 Å². The highest BCUT2D eigenvalue weighted by molar-refractivity contribution is 7.24. The van der Waals surface area contributed by atoms with E-state index in [1.807, 2.05) is 12.1 Å². The molecule has 1 N–H and O–H groups in total. The first kappa shape index (κ1) is 36.6. The summed E-state index contributed by atoms with van der Waals surface area (Å²) in [7, 11) is 0. The van der Waals surface area contributed by atoms with Crippen LogP contribution < -0.4 is 0 Å². The van der Waals surface area contributed by atoms with Gasteiger partial charge in [-0.25, -0.2) is 4.79 Å². The van der Waals surface area contributed by atoms with Gasteiger partial charge in [-0.1, -0.05) is 85.2 Å². The van der Waals surface area contributed by atoms with Crippen molar-refractivity contribution in [3.8, 4) is 32.0 Å². The Hall–Kier alpha value is -5.42. The summed E-state index contributed by atoms with van der Waals surface area (Å²) in [4.78, 5) is 15.4. The molecule has 0 amide bonds. The molecule has 7 heteroatoms. The van der Waals surface area contributed by atoms with Crippen molar-refractivity contribution >= 4 is 78.3 Å². The van der Waals surface area contributed by atoms with Crippen molar-refractivity contribution in [2.45, 2.75) is 78.7 Å². The molecule has 4 heterocycles. The fourth-order valence-corrected chi connectivity index (χ4v) is 9.68. The third kappa shape index (κ3) is 6.58. The molecule has 276 valence electrons. The fourth-order valence-electron chi connectivity index (χ4n) is 7.64. The number of benzene rings is 4. The molecule has 4 aromatic carbocycles. The summed E-state index contributed by atoms with van der Waals surface area (Å²) in [6.45, 7) is 16.9. The number of thiophene rings is 2. The minimum absolute atomic E-state index is 0.0461. The molecule has 0 aliphatic carbocycles. The number of rotatable bonds is 8. The Morgan fingerprint density at radius 1 is 0.691 bits per heavy atom. The van der Waals surface area contributed by atoms with Crippen molar-refractivity contribution in [3.05, 3.63) is 119 Å². The van der Waals surface area contributed by atoms with Gasteiger partial charge >= 0.3 is 5.97 Å². The lowest BCUT2D eigenvalue weighted by Gasteiger charge is -2.19. The summed E-state index contributed by atoms with van der Waals surface area (Å²) in [6, 6.07) is 37.9. The van der Waals surface area contributed by atoms with Crippen molar-refractivity contribution < 1.29 is 9.90 Å². The van der Waals surface area contributed by atoms with Crippen molar-refractivity contribution in [1.82, 2.24) is 9.13 Å². The molecule has 0 spiro atoms. The Labute approximate surface area is 330 Å². The summed E-state index contributed by atoms with van der Waals surface area (Å²) in [6.07, 6.45) is 3.63. The van der Waals surface area contributed by atoms with Gasteiger partial charge in [-0.15, -0.1) is 22.7 Å². The highest BCUT2D eigenvalue weighted by atomic mass is 32.1. The lowest BCUT2D eigenvalue weighted by atomic mass is 9.85. The highest BCUT2D eigenvalue weighted by Gasteiger charge is 2.22. The number of hydrogen-bond donors (Lipinski definition) is 1. The van der Waals surface area contributed by atoms with Crippen molar-refractivity contribution in [2.24, 2.45) is 0 Å². The van der Waals surface area contributed by atoms with Crippen LogP contribution in [0.4, 0.5) is 0 Å². The van der Waals surface area contributed by atoms with E-state index < -0.39 is 5.97 Å². The lowest BCUT2D eigenvalue weighted by molar-refractivity contribution is -0.132. The molecule has 5 nitrogen and oxygen atoms in total. The van der Waals surface area contributed by atoms with E-state index in [1.165, 1.54) is 88.3 Å². The van der Waals surface area contributed by atoms with Gasteiger partial charge in [0.25, 0.3) is 0 Å². The van der Waals surface area contributed by atoms with Gasteiger partial charge in [-0.05, 0) is 107 Å². The van der Waals surface area contributed by atoms with Crippen LogP contribution in [0.2, 0.25) is 0 Å². The minimum atomic E-state index is -1.21. The van der Waals surface area contributed by atoms with E-state index in [4.69, 9.17) is 0 Å². The van der Waals surface area contributed by atoms with Crippen LogP contribution >= 0.6 is 22.7 Å². The Morgan fingerprint density at radius 3 is 1.87 bits per heavy atom. The van der Waals surface area contributed by atoms with E-state index in [-0.39, 0.29) is 16.4 Å². The van der Waals surface area contributed by atoms with Crippen LogP contribution in [-0.2, 0) is 22.2 Å². The van der Waals surface area contributed by atoms with E-state index in [0.29, 0.717) is 0 Å². The van der Waals surface area contributed by atoms with Crippen LogP contribution in [0.3, 0.4) is 0 Å². The number of nitrogens with zero attached hydrogens (tertiary/aromatic N) is 3. The smallest absolute Gasteiger partial charge is 0.346 e. The predicted molar refractivity (Wildman–Crippen MR) is 234 cm³/mol. The molecular formula is C48H45N3O2S2. The highest BCUT2D eigenvalue weighted by Crippen LogP contribution is 2.42. The quantitative estimate of drug-likeness (QED) is 0.124. The zero-order valence-electron chi connectivity index (χ0n) is 32.4. The fraction of sp³-hybridized carbons (Fsp3) is 0.250. The molecule has 4 aromatic heterocycles. The van der Waals surface area contributed by atoms with Crippen molar-refractivity contribution in [3.63, 3.8) is 0 Å². The Morgan fingerprint density at radius 2 is 1.27 bits per heavy atom. The normalized spacial score (nSPS) is 12.7. The van der Waals surface area contributed by atoms with Crippen molar-refractivity contribution in [1.29, 1.82) is 5.26 Å². The maximum absolute atomic E-state index is 11.4. The van der Waals surface area contributed by atoms with Gasteiger partial charge in [0.05, 0.1) is 16.6 Å². The second-order valence-corrected chi connectivity index (χ2v) is 18.8. The SMILES string of the molecule is CCCCn1c2cc(-c3ccc(-c4ccc(/C=C(/C#N)C(=O)O)s4)s3)ccc2c2ccc(-n3c4ccc(C(C)(C)C)cc4c4cc(C(C)(C)C)ccc43)cc21. The number of aryl methyl sites for hydroxylation is 1. The number of carbonyl (C=O) groups is 1. The summed E-state index contributed by atoms with van der Waals surface area (Å²) in [5.41, 5.74) is 9.77. The Balaban J connectivity index is 1.25. The third-order valence-corrected chi connectivity index (χ3v) is 13.1. The van der Waals surface area contributed by atoms with Crippen molar-refractivity contribution in [2.75, 3.05) is 0 Å². The summed E-state index contributed by atoms with van der Waals surface area (Å²) >= 11 is 3.22. The number of nitriles is 1. The molecule has 0 fully saturated rings. The van der Waals surface area contributed by atoms with Crippen LogP contribution in [0.15, 0.2) is 103 Å². The third-order valence-electron chi connectivity index (χ3n) is 10.7. The van der Waals surface area contributed by atoms with Gasteiger partial charge in [-0.2, -0.15) is 5.26 Å². The molecule has 0 saturated heterocycles. The molecule has 55 heavy (non-hydrogen) atoms. The van der Waals surface area contributed by atoms with Gasteiger partial charge in [0.15, 0.2) is 0 Å². The lowest BCUT2D eigenvalue weighted by Crippen LogP contribution is -2.10. The predicted octanol–water partition coefficient (Wildman–Crippen LogP) is 13.7. The van der Waals surface area contributed by atoms with Gasteiger partial charge in [0.1, 0.15) is 11.6 Å². The maximum atomic E-state index is 11.4. The molecule has 0 atom stereocenters. The standard InChI is InChI=1S/C48H45N3O2S2/c1-8-9-22-50-41-24-29(43-20-21-45(55-43)44-19-14-34(54-44)23-30(28-49)46(52)53)10-15-35(41)36-16-13-33(27-42(36)50)51-39-17-11-31(47(2,3)4)25-37(39)38-26-32(48(5,6)7)12-18-40(38)51/h10-21,23-27H,8-9,22H2,1-7H3,(H,52,53)/b30-23-. The summed E-state index contributed by atoms with van der Waals surface area (Å²) < 4.78 is 4.98. The average Bonchev–Trinajstić information content (AvgIpc) is 3.95. The first-order valence-electron chi connectivity index (χ1n) is 19.0. The van der Waals surface area contributed by atoms with E-state index >= 15 is 0 Å². The Bertz CT molecular complexity index is 2800. The number of aliphatic carboxylic acids is 1. The molecular weight excluding hydrogens is 715 g/mol. The second-order valence-electron chi connectivity index (χ2n) is 16.6. The zero-order chi connectivity index (χ0) is 38.8. The van der Waals surface area contributed by atoms with Crippen LogP contribution in [0.5, 0.6) is 0 Å². The average molecular weight is 760 g/mol. The molecule has 8 rings (SSSR count). The second kappa shape index (κ2) is 13.7. The molecule has 0 aliphatic rings. The van der Waals surface area contributed by atoms with Gasteiger partial charge in [-0.3, -0.25) is 0 Å². The first-order chi connectivity index (χ1) is 26.2. The number of aromatic nitrogens is 2. The number of carboxylic acid groups (broad SMARTS) is 1. The molecule has 0 saturated carbocycles. The molecule has 0 radical (unpaired) electrons. The van der Waals surface area contributed by atoms with Crippen LogP contribution in [0.25, 0.3) is 75.6 Å². The van der Waals surface area contributed by atoms with Crippen LogP contribution in [-0.4, -0.2) is 20.2 Å². The number of carboxylic acids is 1. The molecule has 0 bridgehead atoms. The molecule has 0 aliphatic heterocycles. The monoisotopic (exact) mass is 759 g/mol. The van der Waals surface area contributed by atoms with Gasteiger partial charge in [0.2, 0.25) is 0 Å². The summed E-state index contributed by atoms with van der Waals surface area (Å²) in [5, 5.41) is 23.6. The minimum Gasteiger partial charge on any atom is -0.477 e. The van der Waals surface area contributed by atoms with Crippen LogP contribution in [0.1, 0.15) is 77.3 Å². The zero-order valence-corrected chi connectivity index (χ0v) is 34.1. The molecule has 0 unspecified atom stereocenters. The van der Waals surface area contributed by atoms with Crippen LogP contribution in [0, 0.1) is 11.3 Å². The van der Waals surface area contributed by atoms with E-state index in [2.05, 4.69) is 143 Å². The number of hydrogen-bond acceptors (Lipinski definition) is 4.